The minimum Gasteiger partial charge on any atom is -0.329 e. The lowest BCUT2D eigenvalue weighted by Gasteiger charge is -2.23. The zero-order valence-electron chi connectivity index (χ0n) is 15.9. The number of imidazole rings is 1. The van der Waals surface area contributed by atoms with Gasteiger partial charge in [-0.05, 0) is 54.8 Å². The van der Waals surface area contributed by atoms with E-state index in [4.69, 9.17) is 11.6 Å². The summed E-state index contributed by atoms with van der Waals surface area (Å²) in [7, 11) is 0. The van der Waals surface area contributed by atoms with E-state index in [1.165, 1.54) is 6.07 Å². The van der Waals surface area contributed by atoms with Gasteiger partial charge in [0.25, 0.3) is 5.91 Å². The summed E-state index contributed by atoms with van der Waals surface area (Å²) in [5, 5.41) is 0.557. The summed E-state index contributed by atoms with van der Waals surface area (Å²) in [6.45, 7) is 0.533. The van der Waals surface area contributed by atoms with Crippen LogP contribution in [0.4, 0.5) is 13.2 Å². The molecule has 1 saturated carbocycles. The summed E-state index contributed by atoms with van der Waals surface area (Å²) in [6.07, 6.45) is 0.775. The fourth-order valence-corrected chi connectivity index (χ4v) is 3.47. The highest BCUT2D eigenvalue weighted by atomic mass is 35.5. The highest BCUT2D eigenvalue weighted by molar-refractivity contribution is 6.30. The van der Waals surface area contributed by atoms with Gasteiger partial charge in [0.05, 0.1) is 12.1 Å². The van der Waals surface area contributed by atoms with Crippen LogP contribution in [0.5, 0.6) is 0 Å². The molecule has 1 aliphatic carbocycles. The number of amides is 1. The molecule has 3 aromatic rings. The Bertz CT molecular complexity index is 1040. The molecule has 30 heavy (non-hydrogen) atoms. The molecule has 1 amide bonds. The summed E-state index contributed by atoms with van der Waals surface area (Å²) >= 11 is 5.91. The van der Waals surface area contributed by atoms with Gasteiger partial charge in [-0.15, -0.1) is 0 Å². The molecule has 1 heterocycles. The third kappa shape index (κ3) is 4.67. The Hall–Kier alpha value is -2.80. The van der Waals surface area contributed by atoms with Gasteiger partial charge < -0.3 is 9.47 Å². The van der Waals surface area contributed by atoms with Crippen molar-refractivity contribution < 1.29 is 18.0 Å². The Kier molecular flexibility index (Phi) is 5.56. The molecule has 0 N–H and O–H groups in total. The van der Waals surface area contributed by atoms with Crippen LogP contribution in [-0.4, -0.2) is 26.4 Å². The van der Waals surface area contributed by atoms with Gasteiger partial charge in [0.2, 0.25) is 0 Å². The van der Waals surface area contributed by atoms with Crippen LogP contribution in [0, 0.1) is 0 Å². The number of carbonyl (C=O) groups excluding carboxylic acids is 1. The van der Waals surface area contributed by atoms with Gasteiger partial charge in [0.15, 0.2) is 0 Å². The fourth-order valence-electron chi connectivity index (χ4n) is 3.34. The van der Waals surface area contributed by atoms with E-state index < -0.39 is 11.7 Å². The van der Waals surface area contributed by atoms with E-state index in [0.717, 1.165) is 25.0 Å². The van der Waals surface area contributed by atoms with E-state index in [1.807, 2.05) is 0 Å². The molecule has 0 unspecified atom stereocenters. The van der Waals surface area contributed by atoms with E-state index in [1.54, 1.807) is 52.2 Å². The Morgan fingerprint density at radius 3 is 2.57 bits per heavy atom. The second-order valence-corrected chi connectivity index (χ2v) is 7.78. The number of rotatable bonds is 6. The van der Waals surface area contributed by atoms with Crippen LogP contribution in [0.3, 0.4) is 0 Å². The third-order valence-electron chi connectivity index (χ3n) is 5.06. The lowest BCUT2D eigenvalue weighted by atomic mass is 10.1. The molecule has 0 bridgehead atoms. The minimum atomic E-state index is -4.39. The first kappa shape index (κ1) is 20.5. The first-order valence-electron chi connectivity index (χ1n) is 9.54. The van der Waals surface area contributed by atoms with E-state index in [0.29, 0.717) is 22.0 Å². The molecule has 0 atom stereocenters. The molecular formula is C22H19ClF3N3O. The Morgan fingerprint density at radius 1 is 1.17 bits per heavy atom. The van der Waals surface area contributed by atoms with Crippen LogP contribution >= 0.6 is 11.6 Å². The molecule has 4 rings (SSSR count). The molecule has 8 heteroatoms. The van der Waals surface area contributed by atoms with Crippen LogP contribution in [0.15, 0.2) is 60.9 Å². The molecule has 0 saturated heterocycles. The number of carbonyl (C=O) groups is 1. The van der Waals surface area contributed by atoms with E-state index in [9.17, 15) is 18.0 Å². The number of hydrogen-bond acceptors (Lipinski definition) is 2. The van der Waals surface area contributed by atoms with Crippen molar-refractivity contribution in [1.82, 2.24) is 14.5 Å². The van der Waals surface area contributed by atoms with E-state index in [2.05, 4.69) is 4.98 Å². The Labute approximate surface area is 176 Å². The van der Waals surface area contributed by atoms with Crippen molar-refractivity contribution in [2.75, 3.05) is 0 Å². The summed E-state index contributed by atoms with van der Waals surface area (Å²) in [6, 6.07) is 12.1. The maximum atomic E-state index is 13.0. The average molecular weight is 434 g/mol. The minimum absolute atomic E-state index is 0.109. The summed E-state index contributed by atoms with van der Waals surface area (Å²) in [4.78, 5) is 19.1. The van der Waals surface area contributed by atoms with E-state index in [-0.39, 0.29) is 25.0 Å². The van der Waals surface area contributed by atoms with Crippen molar-refractivity contribution in [3.63, 3.8) is 0 Å². The van der Waals surface area contributed by atoms with Crippen molar-refractivity contribution in [3.05, 3.63) is 88.5 Å². The second kappa shape index (κ2) is 8.14. The molecule has 2 aromatic carbocycles. The molecular weight excluding hydrogens is 415 g/mol. The zero-order valence-corrected chi connectivity index (χ0v) is 16.7. The Morgan fingerprint density at radius 2 is 1.90 bits per heavy atom. The first-order valence-corrected chi connectivity index (χ1v) is 9.92. The SMILES string of the molecule is O=C(c1ccc(Cl)cc1)N(Cc1nccn1Cc1cccc(C(F)(F)F)c1)C1CC1. The smallest absolute Gasteiger partial charge is 0.329 e. The summed E-state index contributed by atoms with van der Waals surface area (Å²) < 4.78 is 40.8. The molecule has 156 valence electrons. The van der Waals surface area contributed by atoms with Crippen molar-refractivity contribution in [1.29, 1.82) is 0 Å². The lowest BCUT2D eigenvalue weighted by Crippen LogP contribution is -2.33. The molecule has 0 radical (unpaired) electrons. The lowest BCUT2D eigenvalue weighted by molar-refractivity contribution is -0.137. The van der Waals surface area contributed by atoms with Gasteiger partial charge in [-0.2, -0.15) is 13.2 Å². The number of nitrogens with zero attached hydrogens (tertiary/aromatic N) is 3. The molecule has 0 spiro atoms. The van der Waals surface area contributed by atoms with Crippen molar-refractivity contribution in [2.45, 2.75) is 38.1 Å². The largest absolute Gasteiger partial charge is 0.416 e. The van der Waals surface area contributed by atoms with Crippen molar-refractivity contribution in [3.8, 4) is 0 Å². The molecule has 4 nitrogen and oxygen atoms in total. The third-order valence-corrected chi connectivity index (χ3v) is 5.31. The number of halogens is 4. The maximum absolute atomic E-state index is 13.0. The van der Waals surface area contributed by atoms with Gasteiger partial charge in [-0.3, -0.25) is 4.79 Å². The fraction of sp³-hybridized carbons (Fsp3) is 0.273. The number of benzene rings is 2. The number of alkyl halides is 3. The number of aromatic nitrogens is 2. The average Bonchev–Trinajstić information content (AvgIpc) is 3.46. The van der Waals surface area contributed by atoms with E-state index >= 15 is 0 Å². The van der Waals surface area contributed by atoms with Crippen molar-refractivity contribution >= 4 is 17.5 Å². The molecule has 1 aromatic heterocycles. The summed E-state index contributed by atoms with van der Waals surface area (Å²) in [5.41, 5.74) is 0.382. The number of hydrogen-bond donors (Lipinski definition) is 0. The van der Waals surface area contributed by atoms with Gasteiger partial charge in [-0.25, -0.2) is 4.98 Å². The highest BCUT2D eigenvalue weighted by Gasteiger charge is 2.34. The van der Waals surface area contributed by atoms with Crippen LogP contribution in [0.25, 0.3) is 0 Å². The molecule has 0 aliphatic heterocycles. The monoisotopic (exact) mass is 433 g/mol. The maximum Gasteiger partial charge on any atom is 0.416 e. The second-order valence-electron chi connectivity index (χ2n) is 7.34. The van der Waals surface area contributed by atoms with Crippen LogP contribution in [-0.2, 0) is 19.3 Å². The van der Waals surface area contributed by atoms with Gasteiger partial charge >= 0.3 is 6.18 Å². The predicted molar refractivity (Wildman–Crippen MR) is 107 cm³/mol. The van der Waals surface area contributed by atoms with Crippen molar-refractivity contribution in [2.24, 2.45) is 0 Å². The van der Waals surface area contributed by atoms with Crippen LogP contribution in [0.2, 0.25) is 5.02 Å². The molecule has 1 aliphatic rings. The normalized spacial score (nSPS) is 14.0. The van der Waals surface area contributed by atoms with Crippen LogP contribution in [0.1, 0.15) is 40.2 Å². The van der Waals surface area contributed by atoms with Gasteiger partial charge in [-0.1, -0.05) is 23.7 Å². The molecule has 1 fully saturated rings. The first-order chi connectivity index (χ1) is 14.3. The predicted octanol–water partition coefficient (Wildman–Crippen LogP) is 5.41. The zero-order chi connectivity index (χ0) is 21.3. The Balaban J connectivity index is 1.53. The highest BCUT2D eigenvalue weighted by Crippen LogP contribution is 2.31. The summed E-state index contributed by atoms with van der Waals surface area (Å²) in [5.74, 6) is 0.518. The van der Waals surface area contributed by atoms with Gasteiger partial charge in [0, 0.05) is 35.6 Å². The van der Waals surface area contributed by atoms with Gasteiger partial charge in [0.1, 0.15) is 5.82 Å². The topological polar surface area (TPSA) is 38.1 Å². The van der Waals surface area contributed by atoms with Crippen LogP contribution < -0.4 is 0 Å². The quantitative estimate of drug-likeness (QED) is 0.521. The standard InChI is InChI=1S/C22H19ClF3N3O/c23-18-6-4-16(5-7-18)21(30)29(19-8-9-19)14-20-27-10-11-28(20)13-15-2-1-3-17(12-15)22(24,25)26/h1-7,10-12,19H,8-9,13-14H2.